The molecule has 1 saturated heterocycles. The largest absolute Gasteiger partial charge is 0.379 e. The van der Waals surface area contributed by atoms with Gasteiger partial charge in [-0.15, -0.1) is 0 Å². The van der Waals surface area contributed by atoms with Gasteiger partial charge in [0.1, 0.15) is 0 Å². The Labute approximate surface area is 165 Å². The summed E-state index contributed by atoms with van der Waals surface area (Å²) < 4.78 is 9.23. The van der Waals surface area contributed by atoms with E-state index in [-0.39, 0.29) is 10.8 Å². The number of nitrogens with zero attached hydrogens (tertiary/aromatic N) is 1. The SMILES string of the molecule is CCC(N1CCOCC1)C(CC)(CSNCc1ccccc1)C(C)(C)C. The third kappa shape index (κ3) is 5.25. The Bertz CT molecular complexity index is 511. The first-order valence-electron chi connectivity index (χ1n) is 10.1. The Morgan fingerprint density at radius 2 is 1.77 bits per heavy atom. The normalized spacial score (nSPS) is 19.9. The highest BCUT2D eigenvalue weighted by Crippen LogP contribution is 2.49. The number of benzene rings is 1. The number of hydrogen-bond donors (Lipinski definition) is 1. The smallest absolute Gasteiger partial charge is 0.0594 e. The number of ether oxygens (including phenoxy) is 1. The van der Waals surface area contributed by atoms with E-state index in [0.29, 0.717) is 6.04 Å². The summed E-state index contributed by atoms with van der Waals surface area (Å²) in [5.41, 5.74) is 1.87. The molecular weight excluding hydrogens is 340 g/mol. The predicted octanol–water partition coefficient (Wildman–Crippen LogP) is 4.98. The minimum absolute atomic E-state index is 0.252. The molecule has 0 aliphatic carbocycles. The fraction of sp³-hybridized carbons (Fsp3) is 0.727. The van der Waals surface area contributed by atoms with Crippen molar-refractivity contribution in [1.29, 1.82) is 0 Å². The maximum absolute atomic E-state index is 5.61. The van der Waals surface area contributed by atoms with E-state index in [9.17, 15) is 0 Å². The lowest BCUT2D eigenvalue weighted by Crippen LogP contribution is -2.57. The lowest BCUT2D eigenvalue weighted by Gasteiger charge is -2.54. The van der Waals surface area contributed by atoms with Crippen molar-refractivity contribution in [3.63, 3.8) is 0 Å². The predicted molar refractivity (Wildman–Crippen MR) is 114 cm³/mol. The van der Waals surface area contributed by atoms with Crippen LogP contribution in [0, 0.1) is 10.8 Å². The molecule has 0 amide bonds. The Balaban J connectivity index is 2.07. The van der Waals surface area contributed by atoms with Crippen LogP contribution in [0.15, 0.2) is 30.3 Å². The van der Waals surface area contributed by atoms with Gasteiger partial charge in [-0.3, -0.25) is 9.62 Å². The fourth-order valence-corrected chi connectivity index (χ4v) is 5.94. The molecule has 1 heterocycles. The lowest BCUT2D eigenvalue weighted by atomic mass is 9.60. The first-order valence-corrected chi connectivity index (χ1v) is 11.1. The van der Waals surface area contributed by atoms with Crippen molar-refractivity contribution in [2.45, 2.75) is 60.0 Å². The number of rotatable bonds is 9. The first-order chi connectivity index (χ1) is 12.4. The molecule has 2 rings (SSSR count). The third-order valence-electron chi connectivity index (χ3n) is 6.19. The Kier molecular flexibility index (Phi) is 8.46. The second-order valence-corrected chi connectivity index (χ2v) is 9.29. The first kappa shape index (κ1) is 21.7. The molecule has 1 aromatic rings. The Morgan fingerprint density at radius 3 is 2.31 bits per heavy atom. The van der Waals surface area contributed by atoms with Gasteiger partial charge in [-0.05, 0) is 23.8 Å². The van der Waals surface area contributed by atoms with E-state index < -0.39 is 0 Å². The summed E-state index contributed by atoms with van der Waals surface area (Å²) >= 11 is 1.91. The van der Waals surface area contributed by atoms with Crippen LogP contribution in [0.4, 0.5) is 0 Å². The summed E-state index contributed by atoms with van der Waals surface area (Å²) in [4.78, 5) is 2.69. The van der Waals surface area contributed by atoms with E-state index in [2.05, 4.69) is 74.6 Å². The second kappa shape index (κ2) is 10.1. The molecule has 26 heavy (non-hydrogen) atoms. The van der Waals surface area contributed by atoms with Gasteiger partial charge >= 0.3 is 0 Å². The summed E-state index contributed by atoms with van der Waals surface area (Å²) in [6, 6.07) is 11.3. The van der Waals surface area contributed by atoms with Crippen molar-refractivity contribution < 1.29 is 4.74 Å². The zero-order valence-corrected chi connectivity index (χ0v) is 18.2. The molecule has 0 saturated carbocycles. The molecule has 1 aliphatic rings. The number of hydrogen-bond acceptors (Lipinski definition) is 4. The summed E-state index contributed by atoms with van der Waals surface area (Å²) in [7, 11) is 0. The molecule has 0 bridgehead atoms. The van der Waals surface area contributed by atoms with Crippen molar-refractivity contribution in [3.8, 4) is 0 Å². The van der Waals surface area contributed by atoms with Gasteiger partial charge in [-0.25, -0.2) is 0 Å². The van der Waals surface area contributed by atoms with Crippen LogP contribution < -0.4 is 4.72 Å². The summed E-state index contributed by atoms with van der Waals surface area (Å²) in [5, 5.41) is 0. The van der Waals surface area contributed by atoms with Crippen molar-refractivity contribution in [1.82, 2.24) is 9.62 Å². The van der Waals surface area contributed by atoms with E-state index in [1.165, 1.54) is 18.4 Å². The summed E-state index contributed by atoms with van der Waals surface area (Å²) in [5.74, 6) is 1.13. The monoisotopic (exact) mass is 378 g/mol. The van der Waals surface area contributed by atoms with Gasteiger partial charge in [0.15, 0.2) is 0 Å². The Hall–Kier alpha value is -0.550. The van der Waals surface area contributed by atoms with Gasteiger partial charge in [0.05, 0.1) is 13.2 Å². The fourth-order valence-electron chi connectivity index (χ4n) is 4.48. The number of nitrogens with one attached hydrogen (secondary N) is 1. The Morgan fingerprint density at radius 1 is 1.12 bits per heavy atom. The standard InChI is InChI=1S/C22H38N2OS/c1-6-20(24-13-15-25-16-14-24)22(7-2,21(3,4)5)18-26-23-17-19-11-9-8-10-12-19/h8-12,20,23H,6-7,13-18H2,1-5H3. The van der Waals surface area contributed by atoms with Gasteiger partial charge in [0.25, 0.3) is 0 Å². The van der Waals surface area contributed by atoms with E-state index in [4.69, 9.17) is 4.74 Å². The second-order valence-electron chi connectivity index (χ2n) is 8.43. The van der Waals surface area contributed by atoms with Crippen molar-refractivity contribution >= 4 is 11.9 Å². The zero-order chi connectivity index (χ0) is 19.0. The van der Waals surface area contributed by atoms with Crippen molar-refractivity contribution in [3.05, 3.63) is 35.9 Å². The average Bonchev–Trinajstić information content (AvgIpc) is 2.65. The quantitative estimate of drug-likeness (QED) is 0.484. The molecule has 0 aromatic heterocycles. The van der Waals surface area contributed by atoms with Gasteiger partial charge in [0, 0.05) is 36.8 Å². The van der Waals surface area contributed by atoms with Crippen molar-refractivity contribution in [2.75, 3.05) is 32.1 Å². The molecule has 1 aliphatic heterocycles. The van der Waals surface area contributed by atoms with Crippen LogP contribution >= 0.6 is 11.9 Å². The van der Waals surface area contributed by atoms with Crippen LogP contribution in [0.1, 0.15) is 53.0 Å². The van der Waals surface area contributed by atoms with Crippen LogP contribution in [-0.4, -0.2) is 43.0 Å². The highest BCUT2D eigenvalue weighted by atomic mass is 32.2. The average molecular weight is 379 g/mol. The topological polar surface area (TPSA) is 24.5 Å². The molecule has 1 N–H and O–H groups in total. The van der Waals surface area contributed by atoms with Gasteiger partial charge < -0.3 is 4.74 Å². The zero-order valence-electron chi connectivity index (χ0n) is 17.4. The molecule has 4 heteroatoms. The van der Waals surface area contributed by atoms with Gasteiger partial charge in [-0.1, -0.05) is 76.9 Å². The molecule has 148 valence electrons. The molecule has 2 unspecified atom stereocenters. The molecule has 0 radical (unpaired) electrons. The van der Waals surface area contributed by atoms with Gasteiger partial charge in [-0.2, -0.15) is 0 Å². The van der Waals surface area contributed by atoms with Crippen LogP contribution in [0.25, 0.3) is 0 Å². The van der Waals surface area contributed by atoms with Crippen LogP contribution in [0.5, 0.6) is 0 Å². The van der Waals surface area contributed by atoms with E-state index in [0.717, 1.165) is 38.6 Å². The van der Waals surface area contributed by atoms with Crippen LogP contribution in [0.2, 0.25) is 0 Å². The minimum Gasteiger partial charge on any atom is -0.379 e. The highest BCUT2D eigenvalue weighted by molar-refractivity contribution is 7.97. The molecule has 3 nitrogen and oxygen atoms in total. The minimum atomic E-state index is 0.252. The van der Waals surface area contributed by atoms with Crippen LogP contribution in [0.3, 0.4) is 0 Å². The van der Waals surface area contributed by atoms with Gasteiger partial charge in [0.2, 0.25) is 0 Å². The molecular formula is C22H38N2OS. The molecule has 2 atom stereocenters. The van der Waals surface area contributed by atoms with Crippen molar-refractivity contribution in [2.24, 2.45) is 10.8 Å². The maximum Gasteiger partial charge on any atom is 0.0594 e. The maximum atomic E-state index is 5.61. The molecule has 1 aromatic carbocycles. The van der Waals surface area contributed by atoms with Crippen LogP contribution in [-0.2, 0) is 11.3 Å². The number of morpholine rings is 1. The summed E-state index contributed by atoms with van der Waals surface area (Å²) in [6.45, 7) is 16.8. The molecule has 0 spiro atoms. The lowest BCUT2D eigenvalue weighted by molar-refractivity contribution is -0.0561. The van der Waals surface area contributed by atoms with E-state index >= 15 is 0 Å². The van der Waals surface area contributed by atoms with E-state index in [1.54, 1.807) is 0 Å². The molecule has 1 fully saturated rings. The third-order valence-corrected chi connectivity index (χ3v) is 7.19. The highest BCUT2D eigenvalue weighted by Gasteiger charge is 2.48. The summed E-state index contributed by atoms with van der Waals surface area (Å²) in [6.07, 6.45) is 2.40. The van der Waals surface area contributed by atoms with E-state index in [1.807, 2.05) is 11.9 Å².